The molecule has 2 unspecified atom stereocenters. The summed E-state index contributed by atoms with van der Waals surface area (Å²) < 4.78 is 1.70. The van der Waals surface area contributed by atoms with Crippen LogP contribution in [0.2, 0.25) is 0 Å². The van der Waals surface area contributed by atoms with Gasteiger partial charge in [-0.1, -0.05) is 12.1 Å². The highest BCUT2D eigenvalue weighted by atomic mass is 16.1. The number of hydrogen-bond donors (Lipinski definition) is 0. The molecule has 1 saturated carbocycles. The van der Waals surface area contributed by atoms with Crippen molar-refractivity contribution in [3.8, 4) is 0 Å². The molecule has 1 aliphatic carbocycles. The van der Waals surface area contributed by atoms with Crippen LogP contribution in [0.15, 0.2) is 6.20 Å². The molecule has 0 radical (unpaired) electrons. The number of Topliss-reactive ketones (excluding diaryl/α,β-unsaturated/α-hetero) is 1. The average Bonchev–Trinajstić information content (AvgIpc) is 2.56. The maximum atomic E-state index is 11.3. The molecule has 76 valence electrons. The lowest BCUT2D eigenvalue weighted by Gasteiger charge is -2.25. The molecule has 1 aromatic rings. The van der Waals surface area contributed by atoms with Gasteiger partial charge in [-0.05, 0) is 12.3 Å². The fourth-order valence-corrected chi connectivity index (χ4v) is 2.07. The summed E-state index contributed by atoms with van der Waals surface area (Å²) in [7, 11) is 1.85. The van der Waals surface area contributed by atoms with Crippen molar-refractivity contribution in [3.63, 3.8) is 0 Å². The second-order valence-electron chi connectivity index (χ2n) is 4.18. The van der Waals surface area contributed by atoms with Crippen LogP contribution in [-0.4, -0.2) is 20.8 Å². The Balaban J connectivity index is 2.19. The van der Waals surface area contributed by atoms with Crippen molar-refractivity contribution < 1.29 is 4.79 Å². The van der Waals surface area contributed by atoms with E-state index in [-0.39, 0.29) is 5.92 Å². The topological polar surface area (TPSA) is 47.8 Å². The zero-order valence-corrected chi connectivity index (χ0v) is 8.60. The molecule has 1 aliphatic rings. The minimum absolute atomic E-state index is 0.282. The number of hydrogen-bond acceptors (Lipinski definition) is 3. The van der Waals surface area contributed by atoms with Crippen molar-refractivity contribution in [2.45, 2.75) is 32.1 Å². The SMILES string of the molecule is CC1CCC(=O)CC1c1cn(C)nn1. The van der Waals surface area contributed by atoms with E-state index >= 15 is 0 Å². The van der Waals surface area contributed by atoms with E-state index in [1.807, 2.05) is 13.2 Å². The van der Waals surface area contributed by atoms with Crippen molar-refractivity contribution in [2.75, 3.05) is 0 Å². The summed E-state index contributed by atoms with van der Waals surface area (Å²) in [5.74, 6) is 1.19. The molecular formula is C10H15N3O. The van der Waals surface area contributed by atoms with Crippen LogP contribution in [-0.2, 0) is 11.8 Å². The Morgan fingerprint density at radius 1 is 1.57 bits per heavy atom. The lowest BCUT2D eigenvalue weighted by molar-refractivity contribution is -0.121. The molecule has 0 bridgehead atoms. The van der Waals surface area contributed by atoms with Gasteiger partial charge in [0.25, 0.3) is 0 Å². The Labute approximate surface area is 83.3 Å². The standard InChI is InChI=1S/C10H15N3O/c1-7-3-4-8(14)5-9(7)10-6-13(2)12-11-10/h6-7,9H,3-5H2,1-2H3. The molecule has 1 heterocycles. The van der Waals surface area contributed by atoms with Crippen LogP contribution in [0.25, 0.3) is 0 Å². The van der Waals surface area contributed by atoms with Crippen molar-refractivity contribution in [2.24, 2.45) is 13.0 Å². The number of nitrogens with zero attached hydrogens (tertiary/aromatic N) is 3. The molecule has 0 aliphatic heterocycles. The van der Waals surface area contributed by atoms with Gasteiger partial charge in [-0.3, -0.25) is 9.48 Å². The smallest absolute Gasteiger partial charge is 0.133 e. The van der Waals surface area contributed by atoms with Crippen molar-refractivity contribution in [1.82, 2.24) is 15.0 Å². The van der Waals surface area contributed by atoms with Gasteiger partial charge in [-0.2, -0.15) is 0 Å². The van der Waals surface area contributed by atoms with Crippen LogP contribution in [0, 0.1) is 5.92 Å². The molecule has 0 amide bonds. The van der Waals surface area contributed by atoms with E-state index in [1.54, 1.807) is 4.68 Å². The fraction of sp³-hybridized carbons (Fsp3) is 0.700. The third-order valence-corrected chi connectivity index (χ3v) is 3.01. The molecule has 1 fully saturated rings. The van der Waals surface area contributed by atoms with Gasteiger partial charge in [0, 0.05) is 32.0 Å². The van der Waals surface area contributed by atoms with Gasteiger partial charge in [-0.25, -0.2) is 0 Å². The summed E-state index contributed by atoms with van der Waals surface area (Å²) in [5, 5.41) is 7.99. The van der Waals surface area contributed by atoms with Crippen LogP contribution in [0.5, 0.6) is 0 Å². The summed E-state index contributed by atoms with van der Waals surface area (Å²) in [5.41, 5.74) is 0.966. The minimum atomic E-state index is 0.282. The Hall–Kier alpha value is -1.19. The highest BCUT2D eigenvalue weighted by molar-refractivity contribution is 5.80. The molecule has 4 nitrogen and oxygen atoms in total. The molecule has 2 rings (SSSR count). The van der Waals surface area contributed by atoms with Crippen LogP contribution in [0.3, 0.4) is 0 Å². The average molecular weight is 193 g/mol. The largest absolute Gasteiger partial charge is 0.300 e. The highest BCUT2D eigenvalue weighted by Crippen LogP contribution is 2.34. The Morgan fingerprint density at radius 2 is 2.36 bits per heavy atom. The van der Waals surface area contributed by atoms with Crippen molar-refractivity contribution in [1.29, 1.82) is 0 Å². The summed E-state index contributed by atoms with van der Waals surface area (Å²) in [6, 6.07) is 0. The molecule has 14 heavy (non-hydrogen) atoms. The van der Waals surface area contributed by atoms with Gasteiger partial charge in [0.1, 0.15) is 5.78 Å². The molecule has 0 aromatic carbocycles. The first-order valence-electron chi connectivity index (χ1n) is 5.04. The maximum Gasteiger partial charge on any atom is 0.133 e. The van der Waals surface area contributed by atoms with Crippen molar-refractivity contribution in [3.05, 3.63) is 11.9 Å². The van der Waals surface area contributed by atoms with Gasteiger partial charge < -0.3 is 0 Å². The number of carbonyl (C=O) groups is 1. The number of ketones is 1. The fourth-order valence-electron chi connectivity index (χ4n) is 2.07. The zero-order valence-electron chi connectivity index (χ0n) is 8.60. The summed E-state index contributed by atoms with van der Waals surface area (Å²) >= 11 is 0. The quantitative estimate of drug-likeness (QED) is 0.675. The third kappa shape index (κ3) is 1.69. The first-order chi connectivity index (χ1) is 6.66. The van der Waals surface area contributed by atoms with E-state index in [0.717, 1.165) is 18.5 Å². The van der Waals surface area contributed by atoms with Gasteiger partial charge in [0.15, 0.2) is 0 Å². The lowest BCUT2D eigenvalue weighted by Crippen LogP contribution is -2.21. The highest BCUT2D eigenvalue weighted by Gasteiger charge is 2.29. The van der Waals surface area contributed by atoms with Gasteiger partial charge >= 0.3 is 0 Å². The summed E-state index contributed by atoms with van der Waals surface area (Å²) in [6.45, 7) is 2.19. The monoisotopic (exact) mass is 193 g/mol. The first-order valence-corrected chi connectivity index (χ1v) is 5.04. The summed E-state index contributed by atoms with van der Waals surface area (Å²) in [4.78, 5) is 11.3. The molecule has 2 atom stereocenters. The van der Waals surface area contributed by atoms with Gasteiger partial charge in [0.2, 0.25) is 0 Å². The van der Waals surface area contributed by atoms with Crippen LogP contribution >= 0.6 is 0 Å². The van der Waals surface area contributed by atoms with E-state index in [4.69, 9.17) is 0 Å². The van der Waals surface area contributed by atoms with Crippen LogP contribution in [0.1, 0.15) is 37.8 Å². The van der Waals surface area contributed by atoms with Crippen LogP contribution < -0.4 is 0 Å². The van der Waals surface area contributed by atoms with Gasteiger partial charge in [0.05, 0.1) is 5.69 Å². The van der Waals surface area contributed by atoms with E-state index < -0.39 is 0 Å². The molecule has 1 aromatic heterocycles. The maximum absolute atomic E-state index is 11.3. The molecule has 0 spiro atoms. The predicted molar refractivity (Wildman–Crippen MR) is 51.8 cm³/mol. The van der Waals surface area contributed by atoms with E-state index in [2.05, 4.69) is 17.2 Å². The number of carbonyl (C=O) groups excluding carboxylic acids is 1. The number of aromatic nitrogens is 3. The van der Waals surface area contributed by atoms with E-state index in [1.165, 1.54) is 0 Å². The second kappa shape index (κ2) is 3.52. The predicted octanol–water partition coefficient (Wildman–Crippen LogP) is 1.29. The van der Waals surface area contributed by atoms with Crippen LogP contribution in [0.4, 0.5) is 0 Å². The van der Waals surface area contributed by atoms with E-state index in [9.17, 15) is 4.79 Å². The Kier molecular flexibility index (Phi) is 2.35. The Bertz CT molecular complexity index is 345. The van der Waals surface area contributed by atoms with Gasteiger partial charge in [-0.15, -0.1) is 5.10 Å². The number of aryl methyl sites for hydroxylation is 1. The molecule has 0 saturated heterocycles. The Morgan fingerprint density at radius 3 is 3.00 bits per heavy atom. The first kappa shape index (κ1) is 9.37. The second-order valence-corrected chi connectivity index (χ2v) is 4.18. The number of rotatable bonds is 1. The summed E-state index contributed by atoms with van der Waals surface area (Å²) in [6.07, 6.45) is 4.28. The third-order valence-electron chi connectivity index (χ3n) is 3.01. The van der Waals surface area contributed by atoms with Crippen molar-refractivity contribution >= 4 is 5.78 Å². The lowest BCUT2D eigenvalue weighted by atomic mass is 9.78. The minimum Gasteiger partial charge on any atom is -0.300 e. The normalized spacial score (nSPS) is 28.0. The van der Waals surface area contributed by atoms with E-state index in [0.29, 0.717) is 18.1 Å². The molecule has 4 heteroatoms. The molecular weight excluding hydrogens is 178 g/mol. The molecule has 0 N–H and O–H groups in total. The zero-order chi connectivity index (χ0) is 10.1.